The van der Waals surface area contributed by atoms with Crippen molar-refractivity contribution >= 4 is 21.4 Å². The molecule has 2 aromatic carbocycles. The fourth-order valence-corrected chi connectivity index (χ4v) is 4.12. The van der Waals surface area contributed by atoms with Crippen LogP contribution in [0.2, 0.25) is 0 Å². The lowest BCUT2D eigenvalue weighted by molar-refractivity contribution is -0.290. The predicted octanol–water partition coefficient (Wildman–Crippen LogP) is 3.78. The van der Waals surface area contributed by atoms with E-state index in [1.165, 1.54) is 17.0 Å². The van der Waals surface area contributed by atoms with Crippen molar-refractivity contribution < 1.29 is 48.7 Å². The summed E-state index contributed by atoms with van der Waals surface area (Å²) in [6.07, 6.45) is -5.11. The number of piperazine rings is 1. The van der Waals surface area contributed by atoms with Gasteiger partial charge < -0.3 is 14.5 Å². The summed E-state index contributed by atoms with van der Waals surface area (Å²) in [6, 6.07) is 6.29. The maximum absolute atomic E-state index is 14.4. The summed E-state index contributed by atoms with van der Waals surface area (Å²) in [7, 11) is -3.90. The number of nitriles is 1. The Morgan fingerprint density at radius 2 is 1.65 bits per heavy atom. The van der Waals surface area contributed by atoms with Gasteiger partial charge in [0.2, 0.25) is 0 Å². The van der Waals surface area contributed by atoms with Crippen molar-refractivity contribution in [3.8, 4) is 11.8 Å². The molecule has 0 saturated carbocycles. The van der Waals surface area contributed by atoms with Crippen molar-refractivity contribution in [1.29, 1.82) is 5.26 Å². The quantitative estimate of drug-likeness (QED) is 0.506. The Labute approximate surface area is 206 Å². The van der Waals surface area contributed by atoms with Crippen LogP contribution in [-0.2, 0) is 9.84 Å². The average molecular weight is 553 g/mol. The highest BCUT2D eigenvalue weighted by atomic mass is 32.2. The molecule has 37 heavy (non-hydrogen) atoms. The first-order chi connectivity index (χ1) is 17.1. The Hall–Kier alpha value is -3.54. The zero-order valence-corrected chi connectivity index (χ0v) is 19.8. The van der Waals surface area contributed by atoms with Crippen LogP contribution < -0.4 is 9.64 Å². The van der Waals surface area contributed by atoms with E-state index in [4.69, 9.17) is 5.26 Å². The number of anilines is 1. The second-order valence-corrected chi connectivity index (χ2v) is 10.1. The molecule has 0 aliphatic carbocycles. The van der Waals surface area contributed by atoms with Crippen LogP contribution in [0.4, 0.5) is 36.4 Å². The predicted molar refractivity (Wildman–Crippen MR) is 115 cm³/mol. The molecule has 0 N–H and O–H groups in total. The fraction of sp³-hybridized carbons (Fsp3) is 0.364. The monoisotopic (exact) mass is 553 g/mol. The first kappa shape index (κ1) is 28.0. The molecule has 1 heterocycles. The molecular formula is C22H18F7N3O4S. The number of alkyl halides is 5. The third kappa shape index (κ3) is 5.90. The minimum atomic E-state index is -5.92. The molecule has 1 fully saturated rings. The molecule has 200 valence electrons. The maximum Gasteiger partial charge on any atom is 0.456 e. The van der Waals surface area contributed by atoms with Gasteiger partial charge in [-0.1, -0.05) is 0 Å². The first-order valence-electron chi connectivity index (χ1n) is 10.4. The van der Waals surface area contributed by atoms with E-state index in [9.17, 15) is 43.9 Å². The molecule has 1 aliphatic heterocycles. The van der Waals surface area contributed by atoms with Gasteiger partial charge in [0.05, 0.1) is 21.7 Å². The fourth-order valence-electron chi connectivity index (χ4n) is 3.47. The van der Waals surface area contributed by atoms with Gasteiger partial charge in [0, 0.05) is 32.4 Å². The van der Waals surface area contributed by atoms with E-state index >= 15 is 0 Å². The number of rotatable bonds is 6. The highest BCUT2D eigenvalue weighted by Gasteiger charge is 2.58. The number of carbonyl (C=O) groups is 1. The number of hydrogen-bond donors (Lipinski definition) is 0. The van der Waals surface area contributed by atoms with Crippen molar-refractivity contribution in [3.05, 3.63) is 53.1 Å². The summed E-state index contributed by atoms with van der Waals surface area (Å²) in [5.41, 5.74) is -1.23. The van der Waals surface area contributed by atoms with Crippen LogP contribution in [0, 0.1) is 23.0 Å². The minimum Gasteiger partial charge on any atom is -0.486 e. The summed E-state index contributed by atoms with van der Waals surface area (Å²) in [4.78, 5) is 15.2. The van der Waals surface area contributed by atoms with Gasteiger partial charge in [-0.05, 0) is 30.3 Å². The van der Waals surface area contributed by atoms with Crippen molar-refractivity contribution in [2.45, 2.75) is 17.0 Å². The van der Waals surface area contributed by atoms with Crippen molar-refractivity contribution in [2.75, 3.05) is 43.9 Å². The zero-order chi connectivity index (χ0) is 27.8. The van der Waals surface area contributed by atoms with Crippen molar-refractivity contribution in [2.24, 2.45) is 0 Å². The molecule has 0 spiro atoms. The van der Waals surface area contributed by atoms with E-state index in [1.54, 1.807) is 0 Å². The second kappa shape index (κ2) is 10.1. The van der Waals surface area contributed by atoms with Crippen LogP contribution in [0.15, 0.2) is 35.2 Å². The Balaban J connectivity index is 1.84. The smallest absolute Gasteiger partial charge is 0.456 e. The topological polar surface area (TPSA) is 90.7 Å². The number of hydrogen-bond acceptors (Lipinski definition) is 6. The van der Waals surface area contributed by atoms with E-state index in [-0.39, 0.29) is 31.9 Å². The van der Waals surface area contributed by atoms with Crippen LogP contribution in [0.5, 0.6) is 5.75 Å². The number of amides is 1. The number of sulfone groups is 1. The molecule has 0 bridgehead atoms. The van der Waals surface area contributed by atoms with Gasteiger partial charge in [0.1, 0.15) is 11.8 Å². The van der Waals surface area contributed by atoms with Crippen molar-refractivity contribution in [3.63, 3.8) is 0 Å². The highest BCUT2D eigenvalue weighted by Crippen LogP contribution is 2.36. The SMILES string of the molecule is CS(=O)(=O)c1ccc(OCC(F)(F)C(F)(F)F)c(C(=O)N2CCN(c3ccc(C#N)c(F)c3F)CC2)c1. The van der Waals surface area contributed by atoms with Crippen LogP contribution in [0.3, 0.4) is 0 Å². The zero-order valence-electron chi connectivity index (χ0n) is 19.0. The van der Waals surface area contributed by atoms with Gasteiger partial charge in [0.25, 0.3) is 5.91 Å². The van der Waals surface area contributed by atoms with Gasteiger partial charge >= 0.3 is 12.1 Å². The normalized spacial score (nSPS) is 14.9. The summed E-state index contributed by atoms with van der Waals surface area (Å²) in [5.74, 6) is -9.46. The van der Waals surface area contributed by atoms with Crippen molar-refractivity contribution in [1.82, 2.24) is 4.90 Å². The van der Waals surface area contributed by atoms with Crippen LogP contribution in [0.25, 0.3) is 0 Å². The van der Waals surface area contributed by atoms with Crippen LogP contribution >= 0.6 is 0 Å². The molecule has 0 radical (unpaired) electrons. The van der Waals surface area contributed by atoms with Gasteiger partial charge in [-0.15, -0.1) is 0 Å². The third-order valence-corrected chi connectivity index (χ3v) is 6.63. The molecule has 0 atom stereocenters. The van der Waals surface area contributed by atoms with Crippen LogP contribution in [0.1, 0.15) is 15.9 Å². The molecule has 15 heteroatoms. The summed E-state index contributed by atoms with van der Waals surface area (Å²) in [6.45, 7) is -2.47. The molecular weight excluding hydrogens is 535 g/mol. The minimum absolute atomic E-state index is 0.0396. The largest absolute Gasteiger partial charge is 0.486 e. The summed E-state index contributed by atoms with van der Waals surface area (Å²) < 4.78 is 121. The number of carbonyl (C=O) groups excluding carboxylic acids is 1. The molecule has 1 amide bonds. The van der Waals surface area contributed by atoms with E-state index in [0.29, 0.717) is 0 Å². The number of halogens is 7. The van der Waals surface area contributed by atoms with E-state index < -0.39 is 67.9 Å². The first-order valence-corrected chi connectivity index (χ1v) is 12.3. The van der Waals surface area contributed by atoms with E-state index in [2.05, 4.69) is 4.74 Å². The number of benzene rings is 2. The molecule has 1 aliphatic rings. The molecule has 7 nitrogen and oxygen atoms in total. The molecule has 0 unspecified atom stereocenters. The Morgan fingerprint density at radius 1 is 1.03 bits per heavy atom. The second-order valence-electron chi connectivity index (χ2n) is 8.07. The molecule has 3 rings (SSSR count). The van der Waals surface area contributed by atoms with Gasteiger partial charge in [-0.2, -0.15) is 27.2 Å². The van der Waals surface area contributed by atoms with Gasteiger partial charge in [-0.25, -0.2) is 17.2 Å². The van der Waals surface area contributed by atoms with Gasteiger partial charge in [0.15, 0.2) is 28.1 Å². The van der Waals surface area contributed by atoms with Crippen LogP contribution in [-0.4, -0.2) is 70.4 Å². The van der Waals surface area contributed by atoms with Gasteiger partial charge in [-0.3, -0.25) is 4.79 Å². The number of ether oxygens (including phenoxy) is 1. The van der Waals surface area contributed by atoms with E-state index in [1.807, 2.05) is 0 Å². The Kier molecular flexibility index (Phi) is 7.64. The average Bonchev–Trinajstić information content (AvgIpc) is 2.83. The Bertz CT molecular complexity index is 1350. The molecule has 1 saturated heterocycles. The highest BCUT2D eigenvalue weighted by molar-refractivity contribution is 7.90. The standard InChI is InChI=1S/C22H18F7N3O4S/c1-37(34,35)14-3-5-17(36-12-21(25,26)22(27,28)29)15(10-14)20(33)32-8-6-31(7-9-32)16-4-2-13(11-30)18(23)19(16)24/h2-5,10H,6-9,12H2,1H3. The lowest BCUT2D eigenvalue weighted by atomic mass is 10.1. The lowest BCUT2D eigenvalue weighted by Gasteiger charge is -2.36. The molecule has 0 aromatic heterocycles. The third-order valence-electron chi connectivity index (χ3n) is 5.52. The summed E-state index contributed by atoms with van der Waals surface area (Å²) >= 11 is 0. The number of nitrogens with zero attached hydrogens (tertiary/aromatic N) is 3. The van der Waals surface area contributed by atoms with E-state index in [0.717, 1.165) is 35.4 Å². The Morgan fingerprint density at radius 3 is 2.19 bits per heavy atom. The molecule has 2 aromatic rings. The lowest BCUT2D eigenvalue weighted by Crippen LogP contribution is -2.49. The maximum atomic E-state index is 14.4. The summed E-state index contributed by atoms with van der Waals surface area (Å²) in [5, 5.41) is 8.80.